The monoisotopic (exact) mass is 237 g/mol. The second-order valence-electron chi connectivity index (χ2n) is 3.73. The molecule has 0 rings (SSSR count). The average Bonchev–Trinajstić information content (AvgIpc) is 1.99. The summed E-state index contributed by atoms with van der Waals surface area (Å²) in [4.78, 5) is 11.6. The number of hydrogen-bond acceptors (Lipinski definition) is 6. The highest BCUT2D eigenvalue weighted by Crippen LogP contribution is 2.06. The van der Waals surface area contributed by atoms with Crippen LogP contribution in [0.2, 0.25) is 0 Å². The zero-order valence-corrected chi connectivity index (χ0v) is 9.54. The van der Waals surface area contributed by atoms with Crippen LogP contribution in [-0.4, -0.2) is 43.6 Å². The molecule has 9 heteroatoms. The summed E-state index contributed by atoms with van der Waals surface area (Å²) >= 11 is 0. The maximum Gasteiger partial charge on any atom is 0.284 e. The lowest BCUT2D eigenvalue weighted by Crippen LogP contribution is -2.57. The fourth-order valence-corrected chi connectivity index (χ4v) is 1.71. The Balaban J connectivity index is 4.58. The van der Waals surface area contributed by atoms with Crippen molar-refractivity contribution in [3.05, 3.63) is 0 Å². The highest BCUT2D eigenvalue weighted by atomic mass is 32.2. The first kappa shape index (κ1) is 14.5. The molecule has 0 heterocycles. The standard InChI is InChI=1S/C6H16BN3O4S/c1-6(2,10-7-9)5(11)4(8)3-15(12,13)14/h4,7,10H,3,8-9H2,1-2H3,(H,12,13,14). The van der Waals surface area contributed by atoms with Gasteiger partial charge in [-0.25, -0.2) is 0 Å². The van der Waals surface area contributed by atoms with E-state index in [1.807, 2.05) is 0 Å². The fourth-order valence-electron chi connectivity index (χ4n) is 1.11. The van der Waals surface area contributed by atoms with Crippen molar-refractivity contribution in [2.45, 2.75) is 25.4 Å². The number of carbonyl (C=O) groups is 1. The van der Waals surface area contributed by atoms with Crippen LogP contribution in [0.15, 0.2) is 0 Å². The number of Topliss-reactive ketones (excluding diaryl/α,β-unsaturated/α-hetero) is 1. The van der Waals surface area contributed by atoms with Crippen molar-refractivity contribution in [1.82, 2.24) is 5.23 Å². The summed E-state index contributed by atoms with van der Waals surface area (Å²) in [6.07, 6.45) is 0. The second kappa shape index (κ2) is 5.04. The van der Waals surface area contributed by atoms with Gasteiger partial charge in [-0.15, -0.1) is 0 Å². The van der Waals surface area contributed by atoms with E-state index in [0.29, 0.717) is 0 Å². The minimum absolute atomic E-state index is 0.0668. The number of nitrogens with two attached hydrogens (primary N) is 2. The van der Waals surface area contributed by atoms with Crippen LogP contribution in [0.5, 0.6) is 0 Å². The van der Waals surface area contributed by atoms with Gasteiger partial charge < -0.3 is 16.6 Å². The van der Waals surface area contributed by atoms with Crippen LogP contribution in [0.1, 0.15) is 13.8 Å². The molecule has 6 N–H and O–H groups in total. The third-order valence-electron chi connectivity index (χ3n) is 1.89. The Hall–Kier alpha value is -0.475. The van der Waals surface area contributed by atoms with E-state index in [0.717, 1.165) is 0 Å². The minimum atomic E-state index is -4.25. The van der Waals surface area contributed by atoms with E-state index in [1.54, 1.807) is 0 Å². The summed E-state index contributed by atoms with van der Waals surface area (Å²) in [7, 11) is -4.18. The predicted octanol–water partition coefficient (Wildman–Crippen LogP) is -2.64. The molecule has 0 aromatic heterocycles. The molecule has 0 spiro atoms. The predicted molar refractivity (Wildman–Crippen MR) is 57.9 cm³/mol. The molecule has 0 amide bonds. The molecule has 0 saturated carbocycles. The van der Waals surface area contributed by atoms with Gasteiger partial charge in [0.25, 0.3) is 17.7 Å². The molecule has 0 aromatic carbocycles. The molecule has 0 saturated heterocycles. The first-order valence-corrected chi connectivity index (χ1v) is 5.91. The van der Waals surface area contributed by atoms with E-state index in [4.69, 9.17) is 15.9 Å². The molecule has 0 fully saturated rings. The van der Waals surface area contributed by atoms with Crippen LogP contribution in [0, 0.1) is 0 Å². The van der Waals surface area contributed by atoms with Gasteiger partial charge in [-0.05, 0) is 13.8 Å². The van der Waals surface area contributed by atoms with Crippen LogP contribution in [0.25, 0.3) is 0 Å². The normalized spacial score (nSPS) is 14.7. The summed E-state index contributed by atoms with van der Waals surface area (Å²) in [5.41, 5.74) is 9.54. The van der Waals surface area contributed by atoms with E-state index in [9.17, 15) is 13.2 Å². The summed E-state index contributed by atoms with van der Waals surface area (Å²) in [6.45, 7) is 3.07. The van der Waals surface area contributed by atoms with E-state index in [2.05, 4.69) is 5.23 Å². The highest BCUT2D eigenvalue weighted by molar-refractivity contribution is 7.85. The van der Waals surface area contributed by atoms with E-state index < -0.39 is 33.2 Å². The highest BCUT2D eigenvalue weighted by Gasteiger charge is 2.32. The van der Waals surface area contributed by atoms with E-state index in [1.165, 1.54) is 13.8 Å². The van der Waals surface area contributed by atoms with Crippen molar-refractivity contribution in [2.75, 3.05) is 5.75 Å². The van der Waals surface area contributed by atoms with Crippen molar-refractivity contribution < 1.29 is 17.8 Å². The Morgan fingerprint density at radius 1 is 1.60 bits per heavy atom. The maximum absolute atomic E-state index is 11.6. The molecule has 0 aliphatic carbocycles. The summed E-state index contributed by atoms with van der Waals surface area (Å²) in [6, 6.07) is -1.27. The lowest BCUT2D eigenvalue weighted by Gasteiger charge is -2.26. The van der Waals surface area contributed by atoms with Crippen molar-refractivity contribution in [3.63, 3.8) is 0 Å². The third-order valence-corrected chi connectivity index (χ3v) is 2.67. The van der Waals surface area contributed by atoms with Crippen molar-refractivity contribution in [2.24, 2.45) is 11.4 Å². The Kier molecular flexibility index (Phi) is 4.88. The van der Waals surface area contributed by atoms with Crippen molar-refractivity contribution in [1.29, 1.82) is 0 Å². The fraction of sp³-hybridized carbons (Fsp3) is 0.833. The SMILES string of the molecule is CC(C)(NBN)C(=O)C(N)CS(=O)(=O)O. The summed E-state index contributed by atoms with van der Waals surface area (Å²) < 4.78 is 29.5. The van der Waals surface area contributed by atoms with E-state index >= 15 is 0 Å². The molecule has 1 unspecified atom stereocenters. The van der Waals surface area contributed by atoms with Crippen LogP contribution >= 0.6 is 0 Å². The Morgan fingerprint density at radius 3 is 2.40 bits per heavy atom. The van der Waals surface area contributed by atoms with Gasteiger partial charge in [0.1, 0.15) is 0 Å². The van der Waals surface area contributed by atoms with Crippen molar-refractivity contribution in [3.8, 4) is 0 Å². The Morgan fingerprint density at radius 2 is 2.07 bits per heavy atom. The quantitative estimate of drug-likeness (QED) is 0.293. The Labute approximate surface area is 89.6 Å². The van der Waals surface area contributed by atoms with Gasteiger partial charge >= 0.3 is 0 Å². The topological polar surface area (TPSA) is 136 Å². The molecule has 7 nitrogen and oxygen atoms in total. The zero-order chi connectivity index (χ0) is 12.3. The molecular weight excluding hydrogens is 221 g/mol. The number of hydrogen-bond donors (Lipinski definition) is 4. The molecule has 15 heavy (non-hydrogen) atoms. The van der Waals surface area contributed by atoms with Crippen LogP contribution in [0.4, 0.5) is 0 Å². The molecular formula is C6H16BN3O4S. The molecule has 0 radical (unpaired) electrons. The third kappa shape index (κ3) is 5.23. The summed E-state index contributed by atoms with van der Waals surface area (Å²) in [5.74, 6) is -1.31. The van der Waals surface area contributed by atoms with Crippen LogP contribution in [-0.2, 0) is 14.9 Å². The second-order valence-corrected chi connectivity index (χ2v) is 5.22. The Bertz CT molecular complexity index is 329. The van der Waals surface area contributed by atoms with Gasteiger partial charge in [0, 0.05) is 0 Å². The largest absolute Gasteiger partial charge is 0.359 e. The van der Waals surface area contributed by atoms with Gasteiger partial charge in [0.05, 0.1) is 17.3 Å². The maximum atomic E-state index is 11.6. The van der Waals surface area contributed by atoms with Crippen LogP contribution < -0.4 is 16.6 Å². The lowest BCUT2D eigenvalue weighted by molar-refractivity contribution is -0.124. The molecule has 0 aliphatic heterocycles. The number of nitrogens with one attached hydrogen (secondary N) is 1. The lowest BCUT2D eigenvalue weighted by atomic mass is 9.91. The molecule has 0 aromatic rings. The molecule has 88 valence electrons. The van der Waals surface area contributed by atoms with Gasteiger partial charge in [-0.3, -0.25) is 9.35 Å². The van der Waals surface area contributed by atoms with E-state index in [-0.39, 0.29) is 7.55 Å². The zero-order valence-electron chi connectivity index (χ0n) is 8.73. The smallest absolute Gasteiger partial charge is 0.284 e. The van der Waals surface area contributed by atoms with Gasteiger partial charge in [-0.1, -0.05) is 0 Å². The number of rotatable bonds is 6. The minimum Gasteiger partial charge on any atom is -0.359 e. The van der Waals surface area contributed by atoms with Gasteiger partial charge in [-0.2, -0.15) is 8.42 Å². The first-order valence-electron chi connectivity index (χ1n) is 4.30. The van der Waals surface area contributed by atoms with Gasteiger partial charge in [0.2, 0.25) is 0 Å². The molecule has 0 aliphatic rings. The van der Waals surface area contributed by atoms with Crippen LogP contribution in [0.3, 0.4) is 0 Å². The summed E-state index contributed by atoms with van der Waals surface area (Å²) in [5, 5.41) is 2.66. The molecule has 0 bridgehead atoms. The average molecular weight is 237 g/mol. The first-order chi connectivity index (χ1) is 6.60. The number of ketones is 1. The number of carbonyl (C=O) groups excluding carboxylic acids is 1. The molecule has 1 atom stereocenters. The van der Waals surface area contributed by atoms with Gasteiger partial charge in [0.15, 0.2) is 5.78 Å². The van der Waals surface area contributed by atoms with Crippen molar-refractivity contribution >= 4 is 23.5 Å².